The molecule has 0 radical (unpaired) electrons. The highest BCUT2D eigenvalue weighted by Crippen LogP contribution is 2.48. The molecule has 1 aromatic rings. The van der Waals surface area contributed by atoms with Crippen LogP contribution in [0.2, 0.25) is 0 Å². The van der Waals surface area contributed by atoms with Crippen LogP contribution < -0.4 is 5.32 Å². The van der Waals surface area contributed by atoms with Crippen molar-refractivity contribution in [2.45, 2.75) is 26.3 Å². The lowest BCUT2D eigenvalue weighted by molar-refractivity contribution is -0.148. The van der Waals surface area contributed by atoms with Crippen LogP contribution in [0.15, 0.2) is 36.7 Å². The van der Waals surface area contributed by atoms with E-state index in [9.17, 15) is 14.7 Å². The SMILES string of the molecule is CC(C)[C@H](NC(=O)[C@H]1[C@H](C(=O)O)[C@H]2C=C[C@H]1C2)c1ccncc1. The van der Waals surface area contributed by atoms with Crippen molar-refractivity contribution in [3.63, 3.8) is 0 Å². The van der Waals surface area contributed by atoms with Crippen molar-refractivity contribution in [3.8, 4) is 0 Å². The molecule has 5 heteroatoms. The summed E-state index contributed by atoms with van der Waals surface area (Å²) in [5.41, 5.74) is 0.994. The summed E-state index contributed by atoms with van der Waals surface area (Å²) in [6.45, 7) is 4.08. The fourth-order valence-corrected chi connectivity index (χ4v) is 3.97. The van der Waals surface area contributed by atoms with E-state index in [-0.39, 0.29) is 29.7 Å². The molecule has 1 heterocycles. The van der Waals surface area contributed by atoms with Gasteiger partial charge >= 0.3 is 5.97 Å². The van der Waals surface area contributed by atoms with Gasteiger partial charge in [-0.15, -0.1) is 0 Å². The van der Waals surface area contributed by atoms with Crippen LogP contribution in [0.25, 0.3) is 0 Å². The van der Waals surface area contributed by atoms with Crippen LogP contribution >= 0.6 is 0 Å². The van der Waals surface area contributed by atoms with Gasteiger partial charge in [0.1, 0.15) is 0 Å². The Morgan fingerprint density at radius 3 is 2.35 bits per heavy atom. The first-order valence-corrected chi connectivity index (χ1v) is 8.10. The quantitative estimate of drug-likeness (QED) is 0.818. The lowest BCUT2D eigenvalue weighted by atomic mass is 9.82. The van der Waals surface area contributed by atoms with Crippen LogP contribution in [-0.2, 0) is 9.59 Å². The maximum absolute atomic E-state index is 12.8. The minimum absolute atomic E-state index is 0.00771. The molecule has 0 aliphatic heterocycles. The summed E-state index contributed by atoms with van der Waals surface area (Å²) in [4.78, 5) is 28.4. The molecule has 2 bridgehead atoms. The number of amides is 1. The van der Waals surface area contributed by atoms with Gasteiger partial charge in [0, 0.05) is 12.4 Å². The van der Waals surface area contributed by atoms with Gasteiger partial charge in [0.25, 0.3) is 0 Å². The first kappa shape index (κ1) is 15.7. The number of nitrogens with zero attached hydrogens (tertiary/aromatic N) is 1. The third kappa shape index (κ3) is 2.87. The molecule has 5 nitrogen and oxygen atoms in total. The fourth-order valence-electron chi connectivity index (χ4n) is 3.97. The van der Waals surface area contributed by atoms with Crippen LogP contribution in [0.3, 0.4) is 0 Å². The highest BCUT2D eigenvalue weighted by Gasteiger charge is 2.51. The van der Waals surface area contributed by atoms with Crippen molar-refractivity contribution >= 4 is 11.9 Å². The second-order valence-electron chi connectivity index (χ2n) is 6.85. The molecule has 0 aromatic carbocycles. The Morgan fingerprint density at radius 2 is 1.78 bits per heavy atom. The van der Waals surface area contributed by atoms with Crippen LogP contribution in [0, 0.1) is 29.6 Å². The third-order valence-electron chi connectivity index (χ3n) is 5.08. The van der Waals surface area contributed by atoms with Crippen LogP contribution in [0.5, 0.6) is 0 Å². The zero-order valence-electron chi connectivity index (χ0n) is 13.3. The standard InChI is InChI=1S/C18H22N2O3/c1-10(2)16(11-5-7-19-8-6-11)20-17(21)14-12-3-4-13(9-12)15(14)18(22)23/h3-8,10,12-16H,9H2,1-2H3,(H,20,21)(H,22,23)/t12-,13-,14+,15+,16-/m0/s1. The molecule has 0 spiro atoms. The number of aromatic nitrogens is 1. The van der Waals surface area contributed by atoms with E-state index >= 15 is 0 Å². The summed E-state index contributed by atoms with van der Waals surface area (Å²) >= 11 is 0. The summed E-state index contributed by atoms with van der Waals surface area (Å²) in [5.74, 6) is -1.84. The molecule has 5 atom stereocenters. The van der Waals surface area contributed by atoms with Gasteiger partial charge in [-0.05, 0) is 41.9 Å². The van der Waals surface area contributed by atoms with Gasteiger partial charge in [-0.3, -0.25) is 14.6 Å². The van der Waals surface area contributed by atoms with Crippen LogP contribution in [-0.4, -0.2) is 22.0 Å². The molecule has 1 saturated carbocycles. The Labute approximate surface area is 135 Å². The van der Waals surface area contributed by atoms with Crippen molar-refractivity contribution in [2.75, 3.05) is 0 Å². The molecule has 1 amide bonds. The van der Waals surface area contributed by atoms with Gasteiger partial charge in [-0.2, -0.15) is 0 Å². The maximum atomic E-state index is 12.8. The maximum Gasteiger partial charge on any atom is 0.307 e. The number of hydrogen-bond donors (Lipinski definition) is 2. The van der Waals surface area contributed by atoms with E-state index in [1.807, 2.05) is 38.1 Å². The zero-order chi connectivity index (χ0) is 16.6. The zero-order valence-corrected chi connectivity index (χ0v) is 13.3. The predicted octanol–water partition coefficient (Wildman–Crippen LogP) is 2.42. The summed E-state index contributed by atoms with van der Waals surface area (Å²) in [6.07, 6.45) is 8.15. The number of allylic oxidation sites excluding steroid dienone is 2. The van der Waals surface area contributed by atoms with Gasteiger partial charge in [-0.1, -0.05) is 26.0 Å². The molecule has 1 aromatic heterocycles. The number of hydrogen-bond acceptors (Lipinski definition) is 3. The number of nitrogens with one attached hydrogen (secondary N) is 1. The average molecular weight is 314 g/mol. The minimum Gasteiger partial charge on any atom is -0.481 e. The predicted molar refractivity (Wildman–Crippen MR) is 85.3 cm³/mol. The number of pyridine rings is 1. The number of carboxylic acids is 1. The second-order valence-corrected chi connectivity index (χ2v) is 6.85. The lowest BCUT2D eigenvalue weighted by Crippen LogP contribution is -2.42. The van der Waals surface area contributed by atoms with E-state index in [0.29, 0.717) is 0 Å². The number of fused-ring (bicyclic) bond motifs is 2. The van der Waals surface area contributed by atoms with E-state index in [2.05, 4.69) is 10.3 Å². The molecular formula is C18H22N2O3. The molecule has 23 heavy (non-hydrogen) atoms. The largest absolute Gasteiger partial charge is 0.481 e. The molecule has 0 saturated heterocycles. The molecule has 2 aliphatic rings. The van der Waals surface area contributed by atoms with E-state index in [4.69, 9.17) is 0 Å². The Kier molecular flexibility index (Phi) is 4.20. The van der Waals surface area contributed by atoms with Crippen molar-refractivity contribution in [1.82, 2.24) is 10.3 Å². The first-order chi connectivity index (χ1) is 11.0. The number of carbonyl (C=O) groups is 2. The van der Waals surface area contributed by atoms with E-state index in [1.165, 1.54) is 0 Å². The van der Waals surface area contributed by atoms with Crippen LogP contribution in [0.1, 0.15) is 31.9 Å². The molecule has 2 N–H and O–H groups in total. The average Bonchev–Trinajstić information content (AvgIpc) is 3.13. The normalized spacial score (nSPS) is 29.7. The second kappa shape index (κ2) is 6.14. The van der Waals surface area contributed by atoms with E-state index in [0.717, 1.165) is 12.0 Å². The van der Waals surface area contributed by atoms with Gasteiger partial charge < -0.3 is 10.4 Å². The highest BCUT2D eigenvalue weighted by atomic mass is 16.4. The van der Waals surface area contributed by atoms with Crippen molar-refractivity contribution < 1.29 is 14.7 Å². The van der Waals surface area contributed by atoms with Crippen molar-refractivity contribution in [2.24, 2.45) is 29.6 Å². The van der Waals surface area contributed by atoms with Crippen molar-refractivity contribution in [1.29, 1.82) is 0 Å². The third-order valence-corrected chi connectivity index (χ3v) is 5.08. The van der Waals surface area contributed by atoms with E-state index in [1.54, 1.807) is 12.4 Å². The first-order valence-electron chi connectivity index (χ1n) is 8.10. The van der Waals surface area contributed by atoms with Crippen LogP contribution in [0.4, 0.5) is 0 Å². The van der Waals surface area contributed by atoms with Crippen molar-refractivity contribution in [3.05, 3.63) is 42.2 Å². The summed E-state index contributed by atoms with van der Waals surface area (Å²) in [6, 6.07) is 3.64. The molecule has 122 valence electrons. The molecule has 1 fully saturated rings. The van der Waals surface area contributed by atoms with Gasteiger partial charge in [0.05, 0.1) is 17.9 Å². The Bertz CT molecular complexity index is 626. The number of carbonyl (C=O) groups excluding carboxylic acids is 1. The number of aliphatic carboxylic acids is 1. The summed E-state index contributed by atoms with van der Waals surface area (Å²) < 4.78 is 0. The molecule has 3 rings (SSSR count). The fraction of sp³-hybridized carbons (Fsp3) is 0.500. The molecule has 2 aliphatic carbocycles. The smallest absolute Gasteiger partial charge is 0.307 e. The Morgan fingerprint density at radius 1 is 1.17 bits per heavy atom. The Hall–Kier alpha value is -2.17. The minimum atomic E-state index is -0.869. The Balaban J connectivity index is 1.80. The lowest BCUT2D eigenvalue weighted by Gasteiger charge is -2.28. The van der Waals surface area contributed by atoms with Gasteiger partial charge in [0.15, 0.2) is 0 Å². The topological polar surface area (TPSA) is 79.3 Å². The number of rotatable bonds is 5. The van der Waals surface area contributed by atoms with Gasteiger partial charge in [0.2, 0.25) is 5.91 Å². The van der Waals surface area contributed by atoms with Gasteiger partial charge in [-0.25, -0.2) is 0 Å². The molecular weight excluding hydrogens is 292 g/mol. The van der Waals surface area contributed by atoms with E-state index < -0.39 is 17.8 Å². The number of carboxylic acid groups (broad SMARTS) is 1. The molecule has 0 unspecified atom stereocenters. The summed E-state index contributed by atoms with van der Waals surface area (Å²) in [5, 5.41) is 12.6. The monoisotopic (exact) mass is 314 g/mol. The summed E-state index contributed by atoms with van der Waals surface area (Å²) in [7, 11) is 0. The highest BCUT2D eigenvalue weighted by molar-refractivity contribution is 5.87.